The minimum absolute atomic E-state index is 0.315. The molecule has 0 amide bonds. The van der Waals surface area contributed by atoms with Gasteiger partial charge in [0.25, 0.3) is 0 Å². The van der Waals surface area contributed by atoms with Gasteiger partial charge in [0.1, 0.15) is 11.2 Å². The standard InChI is InChI=1S/C11H12ClN3/c1-15-6-2-3-10(15)9-5-4-8(7-13)11(12)14-9/h4-5,10H,2-3,6H2,1H3. The van der Waals surface area contributed by atoms with Gasteiger partial charge in [-0.15, -0.1) is 0 Å². The molecule has 0 radical (unpaired) electrons. The van der Waals surface area contributed by atoms with Crippen LogP contribution in [0.1, 0.15) is 30.1 Å². The highest BCUT2D eigenvalue weighted by molar-refractivity contribution is 6.30. The fourth-order valence-electron chi connectivity index (χ4n) is 2.00. The molecule has 15 heavy (non-hydrogen) atoms. The SMILES string of the molecule is CN1CCCC1c1ccc(C#N)c(Cl)n1. The third-order valence-corrected chi connectivity index (χ3v) is 3.14. The topological polar surface area (TPSA) is 39.9 Å². The van der Waals surface area contributed by atoms with Crippen LogP contribution in [0.4, 0.5) is 0 Å². The van der Waals surface area contributed by atoms with Crippen molar-refractivity contribution in [1.82, 2.24) is 9.88 Å². The lowest BCUT2D eigenvalue weighted by atomic mass is 10.1. The molecule has 0 saturated carbocycles. The second-order valence-electron chi connectivity index (χ2n) is 3.82. The third kappa shape index (κ3) is 1.97. The van der Waals surface area contributed by atoms with Gasteiger partial charge in [0.2, 0.25) is 0 Å². The monoisotopic (exact) mass is 221 g/mol. The molecule has 2 rings (SSSR count). The van der Waals surface area contributed by atoms with Crippen LogP contribution in [0, 0.1) is 11.3 Å². The van der Waals surface area contributed by atoms with Crippen molar-refractivity contribution in [2.75, 3.05) is 13.6 Å². The Balaban J connectivity index is 2.30. The Morgan fingerprint density at radius 1 is 1.60 bits per heavy atom. The van der Waals surface area contributed by atoms with Gasteiger partial charge >= 0.3 is 0 Å². The molecule has 1 unspecified atom stereocenters. The summed E-state index contributed by atoms with van der Waals surface area (Å²) in [4.78, 5) is 6.55. The molecule has 0 bridgehead atoms. The number of nitrogens with zero attached hydrogens (tertiary/aromatic N) is 3. The Labute approximate surface area is 94.3 Å². The van der Waals surface area contributed by atoms with Crippen LogP contribution in [0.2, 0.25) is 5.15 Å². The molecule has 1 fully saturated rings. The molecular formula is C11H12ClN3. The molecule has 1 aliphatic heterocycles. The molecule has 0 aromatic carbocycles. The van der Waals surface area contributed by atoms with Crippen LogP contribution in [-0.4, -0.2) is 23.5 Å². The Kier molecular flexibility index (Phi) is 2.90. The minimum atomic E-state index is 0.315. The molecular weight excluding hydrogens is 210 g/mol. The van der Waals surface area contributed by atoms with E-state index in [0.29, 0.717) is 16.8 Å². The van der Waals surface area contributed by atoms with E-state index in [0.717, 1.165) is 18.7 Å². The molecule has 0 aliphatic carbocycles. The quantitative estimate of drug-likeness (QED) is 0.684. The first-order valence-electron chi connectivity index (χ1n) is 4.99. The van der Waals surface area contributed by atoms with Crippen molar-refractivity contribution in [3.63, 3.8) is 0 Å². The third-order valence-electron chi connectivity index (χ3n) is 2.85. The van der Waals surface area contributed by atoms with E-state index in [2.05, 4.69) is 16.9 Å². The largest absolute Gasteiger partial charge is 0.298 e. The van der Waals surface area contributed by atoms with Crippen LogP contribution < -0.4 is 0 Å². The smallest absolute Gasteiger partial charge is 0.147 e. The fraction of sp³-hybridized carbons (Fsp3) is 0.455. The van der Waals surface area contributed by atoms with Crippen molar-refractivity contribution in [2.45, 2.75) is 18.9 Å². The molecule has 78 valence electrons. The first-order valence-corrected chi connectivity index (χ1v) is 5.37. The van der Waals surface area contributed by atoms with Crippen LogP contribution >= 0.6 is 11.6 Å². The molecule has 0 N–H and O–H groups in total. The van der Waals surface area contributed by atoms with E-state index in [1.54, 1.807) is 6.07 Å². The highest BCUT2D eigenvalue weighted by Gasteiger charge is 2.24. The zero-order valence-electron chi connectivity index (χ0n) is 8.57. The number of aromatic nitrogens is 1. The first-order chi connectivity index (χ1) is 7.22. The maximum Gasteiger partial charge on any atom is 0.147 e. The van der Waals surface area contributed by atoms with E-state index in [1.807, 2.05) is 12.1 Å². The summed E-state index contributed by atoms with van der Waals surface area (Å²) in [5.41, 5.74) is 1.42. The average Bonchev–Trinajstić information content (AvgIpc) is 2.64. The predicted molar refractivity (Wildman–Crippen MR) is 58.6 cm³/mol. The second-order valence-corrected chi connectivity index (χ2v) is 4.18. The summed E-state index contributed by atoms with van der Waals surface area (Å²) >= 11 is 5.90. The number of halogens is 1. The van der Waals surface area contributed by atoms with Crippen LogP contribution in [0.15, 0.2) is 12.1 Å². The van der Waals surface area contributed by atoms with Gasteiger partial charge in [-0.25, -0.2) is 4.98 Å². The summed E-state index contributed by atoms with van der Waals surface area (Å²) in [6.45, 7) is 1.10. The summed E-state index contributed by atoms with van der Waals surface area (Å²) in [7, 11) is 2.09. The van der Waals surface area contributed by atoms with Gasteiger partial charge in [-0.05, 0) is 38.6 Å². The number of likely N-dealkylation sites (tertiary alicyclic amines) is 1. The maximum absolute atomic E-state index is 8.74. The van der Waals surface area contributed by atoms with Crippen molar-refractivity contribution < 1.29 is 0 Å². The number of rotatable bonds is 1. The fourth-order valence-corrected chi connectivity index (χ4v) is 2.20. The average molecular weight is 222 g/mol. The molecule has 1 aliphatic rings. The molecule has 1 aromatic rings. The van der Waals surface area contributed by atoms with Crippen molar-refractivity contribution in [3.05, 3.63) is 28.5 Å². The number of pyridine rings is 1. The minimum Gasteiger partial charge on any atom is -0.298 e. The van der Waals surface area contributed by atoms with Gasteiger partial charge in [-0.3, -0.25) is 4.90 Å². The van der Waals surface area contributed by atoms with Gasteiger partial charge in [0.15, 0.2) is 0 Å². The number of hydrogen-bond acceptors (Lipinski definition) is 3. The Hall–Kier alpha value is -1.11. The van der Waals surface area contributed by atoms with Crippen LogP contribution in [-0.2, 0) is 0 Å². The predicted octanol–water partition coefficient (Wildman–Crippen LogP) is 2.37. The van der Waals surface area contributed by atoms with E-state index >= 15 is 0 Å². The van der Waals surface area contributed by atoms with Crippen LogP contribution in [0.3, 0.4) is 0 Å². The van der Waals surface area contributed by atoms with E-state index < -0.39 is 0 Å². The zero-order valence-corrected chi connectivity index (χ0v) is 9.33. The summed E-state index contributed by atoms with van der Waals surface area (Å²) in [6, 6.07) is 6.02. The van der Waals surface area contributed by atoms with Gasteiger partial charge in [-0.1, -0.05) is 11.6 Å². The summed E-state index contributed by atoms with van der Waals surface area (Å²) in [5.74, 6) is 0. The Morgan fingerprint density at radius 3 is 2.93 bits per heavy atom. The van der Waals surface area contributed by atoms with Crippen LogP contribution in [0.5, 0.6) is 0 Å². The van der Waals surface area contributed by atoms with E-state index in [-0.39, 0.29) is 0 Å². The van der Waals surface area contributed by atoms with E-state index in [1.165, 1.54) is 6.42 Å². The summed E-state index contributed by atoms with van der Waals surface area (Å²) < 4.78 is 0. The number of nitriles is 1. The molecule has 1 saturated heterocycles. The zero-order chi connectivity index (χ0) is 10.8. The van der Waals surface area contributed by atoms with Crippen molar-refractivity contribution in [3.8, 4) is 6.07 Å². The molecule has 1 aromatic heterocycles. The van der Waals surface area contributed by atoms with E-state index in [4.69, 9.17) is 16.9 Å². The number of hydrogen-bond donors (Lipinski definition) is 0. The van der Waals surface area contributed by atoms with Crippen molar-refractivity contribution in [2.24, 2.45) is 0 Å². The van der Waals surface area contributed by atoms with Gasteiger partial charge in [0.05, 0.1) is 17.3 Å². The highest BCUT2D eigenvalue weighted by atomic mass is 35.5. The lowest BCUT2D eigenvalue weighted by Crippen LogP contribution is -2.18. The lowest BCUT2D eigenvalue weighted by molar-refractivity contribution is 0.312. The van der Waals surface area contributed by atoms with Gasteiger partial charge in [0, 0.05) is 0 Å². The Morgan fingerprint density at radius 2 is 2.40 bits per heavy atom. The molecule has 4 heteroatoms. The molecule has 1 atom stereocenters. The summed E-state index contributed by atoms with van der Waals surface area (Å²) in [6.07, 6.45) is 2.31. The van der Waals surface area contributed by atoms with Gasteiger partial charge < -0.3 is 0 Å². The van der Waals surface area contributed by atoms with Gasteiger partial charge in [-0.2, -0.15) is 5.26 Å². The normalized spacial score (nSPS) is 21.5. The van der Waals surface area contributed by atoms with Crippen LogP contribution in [0.25, 0.3) is 0 Å². The maximum atomic E-state index is 8.74. The highest BCUT2D eigenvalue weighted by Crippen LogP contribution is 2.30. The second kappa shape index (κ2) is 4.18. The van der Waals surface area contributed by atoms with Crippen molar-refractivity contribution in [1.29, 1.82) is 5.26 Å². The first kappa shape index (κ1) is 10.4. The Bertz CT molecular complexity index is 411. The molecule has 2 heterocycles. The van der Waals surface area contributed by atoms with E-state index in [9.17, 15) is 0 Å². The summed E-state index contributed by atoms with van der Waals surface area (Å²) in [5, 5.41) is 9.06. The van der Waals surface area contributed by atoms with Crippen molar-refractivity contribution >= 4 is 11.6 Å². The molecule has 3 nitrogen and oxygen atoms in total. The lowest BCUT2D eigenvalue weighted by Gasteiger charge is -2.18. The molecule has 0 spiro atoms.